The van der Waals surface area contributed by atoms with Gasteiger partial charge in [0.15, 0.2) is 5.96 Å². The molecule has 1 heterocycles. The number of carbonyl (C=O) groups excluding carboxylic acids is 1. The summed E-state index contributed by atoms with van der Waals surface area (Å²) in [5.74, 6) is 1.65. The van der Waals surface area contributed by atoms with Crippen LogP contribution in [0.25, 0.3) is 0 Å². The van der Waals surface area contributed by atoms with Crippen LogP contribution in [0.1, 0.15) is 38.2 Å². The molecule has 1 amide bonds. The van der Waals surface area contributed by atoms with Crippen LogP contribution in [0, 0.1) is 5.92 Å². The highest BCUT2D eigenvalue weighted by Gasteiger charge is 2.29. The van der Waals surface area contributed by atoms with Gasteiger partial charge in [-0.15, -0.1) is 0 Å². The molecule has 0 spiro atoms. The summed E-state index contributed by atoms with van der Waals surface area (Å²) in [6.07, 6.45) is 4.64. The number of benzene rings is 1. The molecule has 1 saturated heterocycles. The molecule has 0 radical (unpaired) electrons. The van der Waals surface area contributed by atoms with Crippen LogP contribution in [-0.4, -0.2) is 79.4 Å². The third-order valence-corrected chi connectivity index (χ3v) is 6.03. The van der Waals surface area contributed by atoms with Gasteiger partial charge < -0.3 is 15.1 Å². The largest absolute Gasteiger partial charge is 0.357 e. The molecular formula is C23H37N5O. The van der Waals surface area contributed by atoms with E-state index in [1.807, 2.05) is 6.07 Å². The molecule has 160 valence electrons. The minimum atomic E-state index is 0.300. The van der Waals surface area contributed by atoms with Crippen LogP contribution in [0.15, 0.2) is 35.3 Å². The summed E-state index contributed by atoms with van der Waals surface area (Å²) in [5.41, 5.74) is 1.28. The van der Waals surface area contributed by atoms with Gasteiger partial charge in [0, 0.05) is 58.8 Å². The van der Waals surface area contributed by atoms with Gasteiger partial charge in [0.2, 0.25) is 5.91 Å². The Hall–Kier alpha value is -2.08. The van der Waals surface area contributed by atoms with E-state index in [2.05, 4.69) is 58.3 Å². The summed E-state index contributed by atoms with van der Waals surface area (Å²) in [6, 6.07) is 10.5. The van der Waals surface area contributed by atoms with Crippen molar-refractivity contribution in [3.63, 3.8) is 0 Å². The molecule has 1 saturated carbocycles. The first kappa shape index (κ1) is 21.6. The highest BCUT2D eigenvalue weighted by atomic mass is 16.2. The molecule has 1 N–H and O–H groups in total. The minimum Gasteiger partial charge on any atom is -0.357 e. The Bertz CT molecular complexity index is 648. The van der Waals surface area contributed by atoms with Crippen molar-refractivity contribution in [3.8, 4) is 0 Å². The van der Waals surface area contributed by atoms with Crippen LogP contribution in [0.4, 0.5) is 0 Å². The first-order chi connectivity index (χ1) is 14.2. The maximum Gasteiger partial charge on any atom is 0.225 e. The molecule has 0 bridgehead atoms. The lowest BCUT2D eigenvalue weighted by molar-refractivity contribution is -0.137. The average Bonchev–Trinajstić information content (AvgIpc) is 3.29. The van der Waals surface area contributed by atoms with Crippen molar-refractivity contribution in [1.29, 1.82) is 0 Å². The molecule has 1 aliphatic heterocycles. The number of nitrogens with zero attached hydrogens (tertiary/aromatic N) is 4. The predicted octanol–water partition coefficient (Wildman–Crippen LogP) is 2.42. The van der Waals surface area contributed by atoms with E-state index in [1.165, 1.54) is 18.4 Å². The zero-order chi connectivity index (χ0) is 20.5. The number of guanidine groups is 1. The normalized spacial score (nSPS) is 18.8. The quantitative estimate of drug-likeness (QED) is 0.565. The first-order valence-electron chi connectivity index (χ1n) is 11.2. The highest BCUT2D eigenvalue weighted by Crippen LogP contribution is 2.26. The fraction of sp³-hybridized carbons (Fsp3) is 0.652. The van der Waals surface area contributed by atoms with Gasteiger partial charge in [-0.2, -0.15) is 0 Å². The van der Waals surface area contributed by atoms with Gasteiger partial charge in [-0.25, -0.2) is 0 Å². The van der Waals surface area contributed by atoms with Gasteiger partial charge >= 0.3 is 0 Å². The van der Waals surface area contributed by atoms with Gasteiger partial charge in [0.1, 0.15) is 0 Å². The number of aliphatic imine (C=N–C) groups is 1. The van der Waals surface area contributed by atoms with Crippen molar-refractivity contribution in [2.24, 2.45) is 10.9 Å². The zero-order valence-electron chi connectivity index (χ0n) is 18.1. The molecule has 6 nitrogen and oxygen atoms in total. The summed E-state index contributed by atoms with van der Waals surface area (Å²) < 4.78 is 0. The Kier molecular flexibility index (Phi) is 8.35. The van der Waals surface area contributed by atoms with Crippen LogP contribution >= 0.6 is 0 Å². The molecule has 6 heteroatoms. The van der Waals surface area contributed by atoms with Crippen LogP contribution in [0.2, 0.25) is 0 Å². The van der Waals surface area contributed by atoms with Crippen LogP contribution in [0.3, 0.4) is 0 Å². The van der Waals surface area contributed by atoms with Crippen LogP contribution in [0.5, 0.6) is 0 Å². The lowest BCUT2D eigenvalue weighted by Crippen LogP contribution is -2.50. The molecule has 1 aromatic carbocycles. The molecule has 2 aliphatic rings. The summed E-state index contributed by atoms with van der Waals surface area (Å²) in [5, 5.41) is 3.40. The number of piperazine rings is 1. The van der Waals surface area contributed by atoms with Gasteiger partial charge in [0.25, 0.3) is 0 Å². The number of rotatable bonds is 7. The second-order valence-electron chi connectivity index (χ2n) is 8.23. The minimum absolute atomic E-state index is 0.300. The van der Waals surface area contributed by atoms with E-state index >= 15 is 0 Å². The topological polar surface area (TPSA) is 51.2 Å². The van der Waals surface area contributed by atoms with Crippen LogP contribution in [-0.2, 0) is 11.3 Å². The third kappa shape index (κ3) is 6.46. The molecule has 1 aromatic rings. The fourth-order valence-electron chi connectivity index (χ4n) is 4.32. The second kappa shape index (κ2) is 11.2. The van der Waals surface area contributed by atoms with Crippen molar-refractivity contribution >= 4 is 11.9 Å². The summed E-state index contributed by atoms with van der Waals surface area (Å²) in [7, 11) is 2.09. The molecule has 29 heavy (non-hydrogen) atoms. The van der Waals surface area contributed by atoms with Crippen molar-refractivity contribution in [3.05, 3.63) is 35.9 Å². The molecule has 0 aromatic heterocycles. The van der Waals surface area contributed by atoms with Gasteiger partial charge in [-0.05, 0) is 25.3 Å². The Morgan fingerprint density at radius 1 is 1.14 bits per heavy atom. The summed E-state index contributed by atoms with van der Waals surface area (Å²) in [4.78, 5) is 24.1. The monoisotopic (exact) mass is 399 g/mol. The van der Waals surface area contributed by atoms with Crippen molar-refractivity contribution in [2.75, 3.05) is 52.9 Å². The Labute approximate surface area is 176 Å². The van der Waals surface area contributed by atoms with E-state index in [0.717, 1.165) is 71.2 Å². The lowest BCUT2D eigenvalue weighted by atomic mass is 10.1. The van der Waals surface area contributed by atoms with E-state index in [1.54, 1.807) is 0 Å². The van der Waals surface area contributed by atoms with Gasteiger partial charge in [-0.3, -0.25) is 14.7 Å². The molecule has 2 fully saturated rings. The molecule has 3 rings (SSSR count). The SMILES string of the molecule is CCNC(=NCCN1CCN(C(=O)C2CCCC2)CC1)N(C)Cc1ccccc1. The highest BCUT2D eigenvalue weighted by molar-refractivity contribution is 5.80. The molecule has 0 unspecified atom stereocenters. The summed E-state index contributed by atoms with van der Waals surface area (Å²) in [6.45, 7) is 9.19. The molecule has 0 atom stereocenters. The first-order valence-corrected chi connectivity index (χ1v) is 11.2. The standard InChI is InChI=1S/C23H37N5O/c1-3-24-23(26(2)19-20-9-5-4-6-10-20)25-13-14-27-15-17-28(18-16-27)22(29)21-11-7-8-12-21/h4-6,9-10,21H,3,7-8,11-19H2,1-2H3,(H,24,25). The summed E-state index contributed by atoms with van der Waals surface area (Å²) >= 11 is 0. The maximum absolute atomic E-state index is 12.6. The smallest absolute Gasteiger partial charge is 0.225 e. The third-order valence-electron chi connectivity index (χ3n) is 6.03. The number of carbonyl (C=O) groups is 1. The molecular weight excluding hydrogens is 362 g/mol. The van der Waals surface area contributed by atoms with Crippen molar-refractivity contribution in [1.82, 2.24) is 20.0 Å². The average molecular weight is 400 g/mol. The van der Waals surface area contributed by atoms with Gasteiger partial charge in [-0.1, -0.05) is 43.2 Å². The maximum atomic E-state index is 12.6. The van der Waals surface area contributed by atoms with E-state index < -0.39 is 0 Å². The second-order valence-corrected chi connectivity index (χ2v) is 8.23. The lowest BCUT2D eigenvalue weighted by Gasteiger charge is -2.35. The van der Waals surface area contributed by atoms with Gasteiger partial charge in [0.05, 0.1) is 6.54 Å². The fourth-order valence-corrected chi connectivity index (χ4v) is 4.32. The Morgan fingerprint density at radius 2 is 1.83 bits per heavy atom. The zero-order valence-corrected chi connectivity index (χ0v) is 18.1. The Morgan fingerprint density at radius 3 is 2.48 bits per heavy atom. The number of hydrogen-bond donors (Lipinski definition) is 1. The number of hydrogen-bond acceptors (Lipinski definition) is 3. The van der Waals surface area contributed by atoms with E-state index in [4.69, 9.17) is 4.99 Å². The predicted molar refractivity (Wildman–Crippen MR) is 119 cm³/mol. The van der Waals surface area contributed by atoms with Crippen molar-refractivity contribution in [2.45, 2.75) is 39.2 Å². The van der Waals surface area contributed by atoms with Crippen molar-refractivity contribution < 1.29 is 4.79 Å². The Balaban J connectivity index is 1.43. The number of nitrogens with one attached hydrogen (secondary N) is 1. The number of amides is 1. The van der Waals surface area contributed by atoms with E-state index in [9.17, 15) is 4.79 Å². The van der Waals surface area contributed by atoms with E-state index in [-0.39, 0.29) is 0 Å². The van der Waals surface area contributed by atoms with E-state index in [0.29, 0.717) is 11.8 Å². The van der Waals surface area contributed by atoms with Crippen LogP contribution < -0.4 is 5.32 Å². The molecule has 1 aliphatic carbocycles.